The average molecular weight is 251 g/mol. The molecule has 18 heavy (non-hydrogen) atoms. The molecular formula is C12H13NO5. The van der Waals surface area contributed by atoms with E-state index in [1.807, 2.05) is 0 Å². The molecule has 0 fully saturated rings. The summed E-state index contributed by atoms with van der Waals surface area (Å²) in [5.74, 6) is -1.74. The second kappa shape index (κ2) is 5.81. The van der Waals surface area contributed by atoms with Crippen molar-refractivity contribution < 1.29 is 24.2 Å². The number of carboxylic acid groups (broad SMARTS) is 1. The molecule has 0 bridgehead atoms. The Morgan fingerprint density at radius 1 is 1.17 bits per heavy atom. The molecule has 0 aliphatic rings. The molecule has 0 aromatic heterocycles. The van der Waals surface area contributed by atoms with Gasteiger partial charge in [-0.05, 0) is 17.7 Å². The van der Waals surface area contributed by atoms with Crippen LogP contribution in [0.1, 0.15) is 25.5 Å². The molecule has 1 aromatic carbocycles. The smallest absolute Gasteiger partial charge is 0.330 e. The van der Waals surface area contributed by atoms with E-state index in [1.165, 1.54) is 38.1 Å². The van der Waals surface area contributed by atoms with Crippen molar-refractivity contribution in [3.8, 4) is 5.75 Å². The van der Waals surface area contributed by atoms with Crippen molar-refractivity contribution >= 4 is 17.8 Å². The molecule has 0 aliphatic carbocycles. The lowest BCUT2D eigenvalue weighted by molar-refractivity contribution is -0.141. The van der Waals surface area contributed by atoms with Crippen LogP contribution in [0.15, 0.2) is 24.3 Å². The Morgan fingerprint density at radius 2 is 1.72 bits per heavy atom. The highest BCUT2D eigenvalue weighted by Crippen LogP contribution is 2.18. The van der Waals surface area contributed by atoms with Crippen LogP contribution in [-0.4, -0.2) is 23.0 Å². The first kappa shape index (κ1) is 13.7. The van der Waals surface area contributed by atoms with Crippen LogP contribution in [0.4, 0.5) is 0 Å². The van der Waals surface area contributed by atoms with Crippen LogP contribution in [0, 0.1) is 0 Å². The van der Waals surface area contributed by atoms with Gasteiger partial charge in [-0.3, -0.25) is 9.59 Å². The maximum absolute atomic E-state index is 11.0. The first-order valence-corrected chi connectivity index (χ1v) is 5.18. The third-order valence-corrected chi connectivity index (χ3v) is 2.07. The van der Waals surface area contributed by atoms with Gasteiger partial charge in [0.15, 0.2) is 6.04 Å². The summed E-state index contributed by atoms with van der Waals surface area (Å²) >= 11 is 0. The monoisotopic (exact) mass is 251 g/mol. The molecule has 6 nitrogen and oxygen atoms in total. The zero-order valence-corrected chi connectivity index (χ0v) is 9.97. The second-order valence-electron chi connectivity index (χ2n) is 3.63. The number of benzene rings is 1. The molecular weight excluding hydrogens is 238 g/mol. The Labute approximate surface area is 104 Å². The van der Waals surface area contributed by atoms with Crippen molar-refractivity contribution in [1.29, 1.82) is 0 Å². The van der Waals surface area contributed by atoms with Gasteiger partial charge in [0, 0.05) is 13.8 Å². The Balaban J connectivity index is 2.90. The van der Waals surface area contributed by atoms with E-state index < -0.39 is 23.9 Å². The van der Waals surface area contributed by atoms with Gasteiger partial charge in [-0.2, -0.15) is 0 Å². The topological polar surface area (TPSA) is 92.7 Å². The molecule has 1 amide bonds. The van der Waals surface area contributed by atoms with Crippen molar-refractivity contribution in [2.75, 3.05) is 0 Å². The van der Waals surface area contributed by atoms with E-state index in [-0.39, 0.29) is 0 Å². The van der Waals surface area contributed by atoms with Gasteiger partial charge < -0.3 is 15.2 Å². The summed E-state index contributed by atoms with van der Waals surface area (Å²) < 4.78 is 4.82. The minimum atomic E-state index is -1.16. The number of carbonyl (C=O) groups excluding carboxylic acids is 2. The SMILES string of the molecule is CC(=O)NC(C(=O)O)c1ccc(OC(C)=O)cc1. The number of carboxylic acids is 1. The summed E-state index contributed by atoms with van der Waals surface area (Å²) in [6.45, 7) is 2.51. The van der Waals surface area contributed by atoms with E-state index in [9.17, 15) is 14.4 Å². The maximum Gasteiger partial charge on any atom is 0.330 e. The van der Waals surface area contributed by atoms with Gasteiger partial charge in [-0.25, -0.2) is 4.79 Å². The maximum atomic E-state index is 11.0. The van der Waals surface area contributed by atoms with Crippen LogP contribution >= 0.6 is 0 Å². The highest BCUT2D eigenvalue weighted by atomic mass is 16.5. The second-order valence-corrected chi connectivity index (χ2v) is 3.63. The normalized spacial score (nSPS) is 11.4. The van der Waals surface area contributed by atoms with Gasteiger partial charge in [-0.15, -0.1) is 0 Å². The van der Waals surface area contributed by atoms with Crippen LogP contribution in [0.25, 0.3) is 0 Å². The first-order chi connectivity index (χ1) is 8.40. The fraction of sp³-hybridized carbons (Fsp3) is 0.250. The number of hydrogen-bond donors (Lipinski definition) is 2. The predicted molar refractivity (Wildman–Crippen MR) is 61.9 cm³/mol. The Bertz CT molecular complexity index is 466. The number of nitrogens with one attached hydrogen (secondary N) is 1. The fourth-order valence-corrected chi connectivity index (χ4v) is 1.39. The number of ether oxygens (including phenoxy) is 1. The summed E-state index contributed by atoms with van der Waals surface area (Å²) in [6, 6.07) is 4.78. The number of rotatable bonds is 4. The summed E-state index contributed by atoms with van der Waals surface area (Å²) in [5.41, 5.74) is 0.397. The molecule has 0 heterocycles. The van der Waals surface area contributed by atoms with Gasteiger partial charge in [0.05, 0.1) is 0 Å². The van der Waals surface area contributed by atoms with Crippen LogP contribution in [0.2, 0.25) is 0 Å². The van der Waals surface area contributed by atoms with Gasteiger partial charge >= 0.3 is 11.9 Å². The molecule has 1 rings (SSSR count). The summed E-state index contributed by atoms with van der Waals surface area (Å²) in [6.07, 6.45) is 0. The van der Waals surface area contributed by atoms with Crippen LogP contribution in [0.3, 0.4) is 0 Å². The molecule has 1 unspecified atom stereocenters. The van der Waals surface area contributed by atoms with E-state index in [2.05, 4.69) is 5.32 Å². The molecule has 96 valence electrons. The minimum Gasteiger partial charge on any atom is -0.479 e. The third kappa shape index (κ3) is 3.89. The van der Waals surface area contributed by atoms with Crippen molar-refractivity contribution in [2.45, 2.75) is 19.9 Å². The number of amides is 1. The van der Waals surface area contributed by atoms with E-state index in [0.29, 0.717) is 11.3 Å². The van der Waals surface area contributed by atoms with E-state index in [1.54, 1.807) is 0 Å². The van der Waals surface area contributed by atoms with Crippen molar-refractivity contribution in [1.82, 2.24) is 5.32 Å². The molecule has 0 saturated carbocycles. The highest BCUT2D eigenvalue weighted by Gasteiger charge is 2.20. The minimum absolute atomic E-state index is 0.318. The average Bonchev–Trinajstić information content (AvgIpc) is 2.26. The van der Waals surface area contributed by atoms with Gasteiger partial charge in [0.25, 0.3) is 0 Å². The fourth-order valence-electron chi connectivity index (χ4n) is 1.39. The molecule has 6 heteroatoms. The number of aliphatic carboxylic acids is 1. The van der Waals surface area contributed by atoms with Gasteiger partial charge in [-0.1, -0.05) is 12.1 Å². The van der Waals surface area contributed by atoms with Gasteiger partial charge in [0.1, 0.15) is 5.75 Å². The zero-order valence-electron chi connectivity index (χ0n) is 9.97. The lowest BCUT2D eigenvalue weighted by Crippen LogP contribution is -2.31. The number of hydrogen-bond acceptors (Lipinski definition) is 4. The lowest BCUT2D eigenvalue weighted by atomic mass is 10.1. The van der Waals surface area contributed by atoms with E-state index in [4.69, 9.17) is 9.84 Å². The third-order valence-electron chi connectivity index (χ3n) is 2.07. The highest BCUT2D eigenvalue weighted by molar-refractivity contribution is 5.83. The van der Waals surface area contributed by atoms with Crippen molar-refractivity contribution in [3.05, 3.63) is 29.8 Å². The van der Waals surface area contributed by atoms with Gasteiger partial charge in [0.2, 0.25) is 5.91 Å². The summed E-state index contributed by atoms with van der Waals surface area (Å²) in [7, 11) is 0. The number of esters is 1. The molecule has 0 radical (unpaired) electrons. The van der Waals surface area contributed by atoms with E-state index >= 15 is 0 Å². The number of carbonyl (C=O) groups is 3. The van der Waals surface area contributed by atoms with Crippen molar-refractivity contribution in [2.24, 2.45) is 0 Å². The lowest BCUT2D eigenvalue weighted by Gasteiger charge is -2.13. The summed E-state index contributed by atoms with van der Waals surface area (Å²) in [5, 5.41) is 11.3. The Kier molecular flexibility index (Phi) is 4.42. The van der Waals surface area contributed by atoms with Crippen LogP contribution in [-0.2, 0) is 14.4 Å². The molecule has 0 saturated heterocycles. The van der Waals surface area contributed by atoms with Crippen molar-refractivity contribution in [3.63, 3.8) is 0 Å². The molecule has 1 atom stereocenters. The van der Waals surface area contributed by atoms with Crippen LogP contribution < -0.4 is 10.1 Å². The first-order valence-electron chi connectivity index (χ1n) is 5.18. The standard InChI is InChI=1S/C12H13NO5/c1-7(14)13-11(12(16)17)9-3-5-10(6-4-9)18-8(2)15/h3-6,11H,1-2H3,(H,13,14)(H,16,17). The predicted octanol–water partition coefficient (Wildman–Crippen LogP) is 0.874. The quantitative estimate of drug-likeness (QED) is 0.612. The van der Waals surface area contributed by atoms with E-state index in [0.717, 1.165) is 0 Å². The molecule has 1 aromatic rings. The largest absolute Gasteiger partial charge is 0.479 e. The summed E-state index contributed by atoms with van der Waals surface area (Å²) in [4.78, 5) is 32.6. The van der Waals surface area contributed by atoms with Crippen LogP contribution in [0.5, 0.6) is 5.75 Å². The molecule has 0 aliphatic heterocycles. The zero-order chi connectivity index (χ0) is 13.7. The Hall–Kier alpha value is -2.37. The molecule has 0 spiro atoms. The molecule has 2 N–H and O–H groups in total. The Morgan fingerprint density at radius 3 is 2.11 bits per heavy atom.